The SMILES string of the molecule is CC(C)(C)OC(=O)NCCC1C[C@@H](C(=O)O)N(C(=O)OC(C)(C)C)C1. The van der Waals surface area contributed by atoms with E-state index in [4.69, 9.17) is 9.47 Å². The van der Waals surface area contributed by atoms with Gasteiger partial charge in [-0.05, 0) is 60.3 Å². The smallest absolute Gasteiger partial charge is 0.411 e. The molecule has 2 atom stereocenters. The maximum absolute atomic E-state index is 12.2. The lowest BCUT2D eigenvalue weighted by Gasteiger charge is -2.26. The summed E-state index contributed by atoms with van der Waals surface area (Å²) in [5.41, 5.74) is -1.25. The summed E-state index contributed by atoms with van der Waals surface area (Å²) in [6.45, 7) is 11.2. The molecule has 0 saturated carbocycles. The van der Waals surface area contributed by atoms with Crippen LogP contribution in [0, 0.1) is 5.92 Å². The second-order valence-electron chi connectivity index (χ2n) is 8.31. The van der Waals surface area contributed by atoms with Gasteiger partial charge in [0.2, 0.25) is 0 Å². The molecule has 0 radical (unpaired) electrons. The largest absolute Gasteiger partial charge is 0.480 e. The zero-order valence-electron chi connectivity index (χ0n) is 15.9. The van der Waals surface area contributed by atoms with E-state index in [0.717, 1.165) is 0 Å². The molecule has 25 heavy (non-hydrogen) atoms. The molecule has 1 aliphatic rings. The summed E-state index contributed by atoms with van der Waals surface area (Å²) in [7, 11) is 0. The molecule has 1 heterocycles. The fraction of sp³-hybridized carbons (Fsp3) is 0.824. The lowest BCUT2D eigenvalue weighted by Crippen LogP contribution is -2.43. The van der Waals surface area contributed by atoms with Crippen LogP contribution < -0.4 is 5.32 Å². The number of hydrogen-bond acceptors (Lipinski definition) is 5. The summed E-state index contributed by atoms with van der Waals surface area (Å²) in [5, 5.41) is 12.0. The third-order valence-electron chi connectivity index (χ3n) is 3.52. The molecule has 0 aromatic heterocycles. The van der Waals surface area contributed by atoms with Crippen molar-refractivity contribution >= 4 is 18.2 Å². The lowest BCUT2D eigenvalue weighted by atomic mass is 10.0. The summed E-state index contributed by atoms with van der Waals surface area (Å²) in [5.74, 6) is -1.07. The van der Waals surface area contributed by atoms with Crippen molar-refractivity contribution in [2.75, 3.05) is 13.1 Å². The molecule has 1 rings (SSSR count). The first-order valence-electron chi connectivity index (χ1n) is 8.48. The minimum atomic E-state index is -1.05. The Bertz CT molecular complexity index is 506. The van der Waals surface area contributed by atoms with Crippen LogP contribution >= 0.6 is 0 Å². The van der Waals surface area contributed by atoms with Crippen LogP contribution in [-0.4, -0.2) is 58.5 Å². The van der Waals surface area contributed by atoms with Crippen molar-refractivity contribution in [2.24, 2.45) is 5.92 Å². The highest BCUT2D eigenvalue weighted by Gasteiger charge is 2.41. The van der Waals surface area contributed by atoms with Gasteiger partial charge in [-0.15, -0.1) is 0 Å². The molecule has 1 aliphatic heterocycles. The summed E-state index contributed by atoms with van der Waals surface area (Å²) in [6.07, 6.45) is -0.237. The lowest BCUT2D eigenvalue weighted by molar-refractivity contribution is -0.142. The zero-order chi connectivity index (χ0) is 19.4. The van der Waals surface area contributed by atoms with Crippen molar-refractivity contribution in [1.82, 2.24) is 10.2 Å². The van der Waals surface area contributed by atoms with Gasteiger partial charge in [-0.3, -0.25) is 4.90 Å². The van der Waals surface area contributed by atoms with E-state index < -0.39 is 35.4 Å². The van der Waals surface area contributed by atoms with Crippen molar-refractivity contribution in [3.8, 4) is 0 Å². The zero-order valence-corrected chi connectivity index (χ0v) is 15.9. The summed E-state index contributed by atoms with van der Waals surface area (Å²) in [4.78, 5) is 36.5. The summed E-state index contributed by atoms with van der Waals surface area (Å²) in [6, 6.07) is -0.902. The number of nitrogens with one attached hydrogen (secondary N) is 1. The Kier molecular flexibility index (Phi) is 6.68. The summed E-state index contributed by atoms with van der Waals surface area (Å²) < 4.78 is 10.4. The first-order valence-corrected chi connectivity index (χ1v) is 8.48. The molecule has 1 unspecified atom stereocenters. The van der Waals surface area contributed by atoms with Crippen LogP contribution in [0.5, 0.6) is 0 Å². The van der Waals surface area contributed by atoms with Gasteiger partial charge in [-0.2, -0.15) is 0 Å². The minimum Gasteiger partial charge on any atom is -0.480 e. The molecular formula is C17H30N2O6. The number of rotatable bonds is 4. The minimum absolute atomic E-state index is 0.0245. The van der Waals surface area contributed by atoms with Crippen molar-refractivity contribution in [1.29, 1.82) is 0 Å². The Balaban J connectivity index is 2.54. The number of ether oxygens (including phenoxy) is 2. The van der Waals surface area contributed by atoms with Gasteiger partial charge in [0.1, 0.15) is 17.2 Å². The molecule has 0 aromatic carbocycles. The molecule has 8 heteroatoms. The van der Waals surface area contributed by atoms with Gasteiger partial charge in [-0.25, -0.2) is 14.4 Å². The van der Waals surface area contributed by atoms with Gasteiger partial charge >= 0.3 is 18.2 Å². The van der Waals surface area contributed by atoms with Crippen LogP contribution in [0.15, 0.2) is 0 Å². The van der Waals surface area contributed by atoms with Crippen LogP contribution in [-0.2, 0) is 14.3 Å². The van der Waals surface area contributed by atoms with E-state index in [1.165, 1.54) is 4.90 Å². The van der Waals surface area contributed by atoms with Crippen LogP contribution in [0.1, 0.15) is 54.4 Å². The van der Waals surface area contributed by atoms with E-state index in [2.05, 4.69) is 5.32 Å². The fourth-order valence-electron chi connectivity index (χ4n) is 2.58. The quantitative estimate of drug-likeness (QED) is 0.800. The number of hydrogen-bond donors (Lipinski definition) is 2. The van der Waals surface area contributed by atoms with Crippen LogP contribution in [0.4, 0.5) is 9.59 Å². The van der Waals surface area contributed by atoms with Gasteiger partial charge in [0.15, 0.2) is 0 Å². The highest BCUT2D eigenvalue weighted by Crippen LogP contribution is 2.27. The first kappa shape index (κ1) is 21.1. The topological polar surface area (TPSA) is 105 Å². The van der Waals surface area contributed by atoms with E-state index >= 15 is 0 Å². The maximum atomic E-state index is 12.2. The number of amides is 2. The predicted molar refractivity (Wildman–Crippen MR) is 91.3 cm³/mol. The van der Waals surface area contributed by atoms with Crippen LogP contribution in [0.25, 0.3) is 0 Å². The van der Waals surface area contributed by atoms with Gasteiger partial charge in [0, 0.05) is 13.1 Å². The Morgan fingerprint density at radius 2 is 1.64 bits per heavy atom. The molecule has 0 spiro atoms. The van der Waals surface area contributed by atoms with Gasteiger partial charge in [0.25, 0.3) is 0 Å². The highest BCUT2D eigenvalue weighted by atomic mass is 16.6. The second-order valence-corrected chi connectivity index (χ2v) is 8.31. The molecule has 8 nitrogen and oxygen atoms in total. The van der Waals surface area contributed by atoms with Crippen molar-refractivity contribution in [3.05, 3.63) is 0 Å². The predicted octanol–water partition coefficient (Wildman–Crippen LogP) is 2.61. The standard InChI is InChI=1S/C17H30N2O6/c1-16(2,3)24-14(22)18-8-7-11-9-12(13(20)21)19(10-11)15(23)25-17(4,5)6/h11-12H,7-10H2,1-6H3,(H,18,22)(H,20,21)/t11?,12-/m0/s1. The number of carbonyl (C=O) groups excluding carboxylic acids is 2. The normalized spacial score (nSPS) is 21.0. The van der Waals surface area contributed by atoms with Crippen LogP contribution in [0.3, 0.4) is 0 Å². The third-order valence-corrected chi connectivity index (χ3v) is 3.52. The number of aliphatic carboxylic acids is 1. The molecule has 144 valence electrons. The number of alkyl carbamates (subject to hydrolysis) is 1. The molecule has 1 fully saturated rings. The maximum Gasteiger partial charge on any atom is 0.411 e. The Labute approximate surface area is 148 Å². The molecular weight excluding hydrogens is 328 g/mol. The fourth-order valence-corrected chi connectivity index (χ4v) is 2.58. The van der Waals surface area contributed by atoms with Crippen molar-refractivity contribution in [3.63, 3.8) is 0 Å². The van der Waals surface area contributed by atoms with Gasteiger partial charge < -0.3 is 19.9 Å². The first-order chi connectivity index (χ1) is 11.3. The summed E-state index contributed by atoms with van der Waals surface area (Å²) >= 11 is 0. The number of nitrogens with zero attached hydrogens (tertiary/aromatic N) is 1. The van der Waals surface area contributed by atoms with Crippen molar-refractivity contribution in [2.45, 2.75) is 71.6 Å². The Morgan fingerprint density at radius 1 is 1.08 bits per heavy atom. The Morgan fingerprint density at radius 3 is 2.12 bits per heavy atom. The molecule has 2 amide bonds. The van der Waals surface area contributed by atoms with Crippen LogP contribution in [0.2, 0.25) is 0 Å². The number of carboxylic acid groups (broad SMARTS) is 1. The molecule has 0 aliphatic carbocycles. The van der Waals surface area contributed by atoms with Gasteiger partial charge in [0.05, 0.1) is 0 Å². The molecule has 1 saturated heterocycles. The molecule has 0 bridgehead atoms. The van der Waals surface area contributed by atoms with E-state index in [0.29, 0.717) is 25.9 Å². The third kappa shape index (κ3) is 7.62. The van der Waals surface area contributed by atoms with Crippen molar-refractivity contribution < 1.29 is 29.0 Å². The highest BCUT2D eigenvalue weighted by molar-refractivity contribution is 5.81. The number of likely N-dealkylation sites (tertiary alicyclic amines) is 1. The van der Waals surface area contributed by atoms with E-state index in [-0.39, 0.29) is 5.92 Å². The monoisotopic (exact) mass is 358 g/mol. The molecule has 2 N–H and O–H groups in total. The number of carbonyl (C=O) groups is 3. The Hall–Kier alpha value is -1.99. The second kappa shape index (κ2) is 7.93. The van der Waals surface area contributed by atoms with Gasteiger partial charge in [-0.1, -0.05) is 0 Å². The number of carboxylic acids is 1. The average molecular weight is 358 g/mol. The van der Waals surface area contributed by atoms with E-state index in [1.54, 1.807) is 41.5 Å². The van der Waals surface area contributed by atoms with E-state index in [1.807, 2.05) is 0 Å². The molecule has 0 aromatic rings. The average Bonchev–Trinajstić information content (AvgIpc) is 2.79. The van der Waals surface area contributed by atoms with E-state index in [9.17, 15) is 19.5 Å².